The molecule has 1 atom stereocenters. The third kappa shape index (κ3) is 7.57. The molecule has 0 saturated heterocycles. The Hall–Kier alpha value is -0.330. The van der Waals surface area contributed by atoms with Crippen LogP contribution in [0.5, 0.6) is 0 Å². The fourth-order valence-corrected chi connectivity index (χ4v) is 1.12. The van der Waals surface area contributed by atoms with E-state index in [-0.39, 0.29) is 0 Å². The molecule has 1 heteroatoms. The summed E-state index contributed by atoms with van der Waals surface area (Å²) in [4.78, 5) is 0. The summed E-state index contributed by atoms with van der Waals surface area (Å²) >= 11 is 0. The summed E-state index contributed by atoms with van der Waals surface area (Å²) in [6, 6.07) is 0. The van der Waals surface area contributed by atoms with E-state index in [0.717, 1.165) is 12.3 Å². The molecule has 0 saturated carbocycles. The summed E-state index contributed by atoms with van der Waals surface area (Å²) in [5.74, 6) is 0.898. The molecule has 0 fully saturated rings. The van der Waals surface area contributed by atoms with E-state index < -0.39 is 0 Å². The standard InChI is InChI=1S/C10H21N/c1-3-10(2)8-6-4-5-7-9-11/h9-11H,3-8H2,1-2H3. The highest BCUT2D eigenvalue weighted by molar-refractivity contribution is 5.52. The molecule has 1 N–H and O–H groups in total. The molecule has 0 heterocycles. The van der Waals surface area contributed by atoms with Crippen molar-refractivity contribution in [1.82, 2.24) is 0 Å². The van der Waals surface area contributed by atoms with Crippen molar-refractivity contribution in [3.05, 3.63) is 0 Å². The van der Waals surface area contributed by atoms with Gasteiger partial charge in [0.2, 0.25) is 0 Å². The normalized spacial score (nSPS) is 12.9. The fraction of sp³-hybridized carbons (Fsp3) is 0.900. The molecule has 0 aliphatic rings. The van der Waals surface area contributed by atoms with Crippen LogP contribution in [0.2, 0.25) is 0 Å². The molecule has 11 heavy (non-hydrogen) atoms. The van der Waals surface area contributed by atoms with Gasteiger partial charge in [-0.1, -0.05) is 39.5 Å². The minimum Gasteiger partial charge on any atom is -0.313 e. The maximum absolute atomic E-state index is 6.83. The number of rotatable bonds is 7. The average molecular weight is 155 g/mol. The average Bonchev–Trinajstić information content (AvgIpc) is 2.04. The van der Waals surface area contributed by atoms with Crippen molar-refractivity contribution in [2.24, 2.45) is 5.92 Å². The second kappa shape index (κ2) is 7.77. The Bertz CT molecular complexity index is 88.9. The van der Waals surface area contributed by atoms with Crippen molar-refractivity contribution < 1.29 is 0 Å². The topological polar surface area (TPSA) is 23.9 Å². The SMILES string of the molecule is CCC(C)CCCCCC=N. The van der Waals surface area contributed by atoms with Gasteiger partial charge in [0.1, 0.15) is 0 Å². The molecule has 0 amide bonds. The largest absolute Gasteiger partial charge is 0.313 e. The Morgan fingerprint density at radius 3 is 2.55 bits per heavy atom. The molecule has 0 bridgehead atoms. The molecule has 0 aromatic carbocycles. The van der Waals surface area contributed by atoms with Crippen LogP contribution in [0.1, 0.15) is 52.4 Å². The maximum atomic E-state index is 6.83. The van der Waals surface area contributed by atoms with E-state index in [1.807, 2.05) is 0 Å². The monoisotopic (exact) mass is 155 g/mol. The van der Waals surface area contributed by atoms with Gasteiger partial charge in [-0.2, -0.15) is 0 Å². The number of hydrogen-bond acceptors (Lipinski definition) is 1. The van der Waals surface area contributed by atoms with Crippen LogP contribution < -0.4 is 0 Å². The van der Waals surface area contributed by atoms with Gasteiger partial charge in [-0.15, -0.1) is 0 Å². The van der Waals surface area contributed by atoms with E-state index in [0.29, 0.717) is 0 Å². The highest BCUT2D eigenvalue weighted by atomic mass is 14.3. The van der Waals surface area contributed by atoms with Crippen molar-refractivity contribution in [2.75, 3.05) is 0 Å². The lowest BCUT2D eigenvalue weighted by molar-refractivity contribution is 0.480. The minimum absolute atomic E-state index is 0.898. The van der Waals surface area contributed by atoms with E-state index in [2.05, 4.69) is 13.8 Å². The smallest absolute Gasteiger partial charge is 0.00477 e. The minimum atomic E-state index is 0.898. The van der Waals surface area contributed by atoms with Crippen molar-refractivity contribution in [3.8, 4) is 0 Å². The van der Waals surface area contributed by atoms with Gasteiger partial charge in [0.15, 0.2) is 0 Å². The summed E-state index contributed by atoms with van der Waals surface area (Å²) in [6.07, 6.45) is 9.03. The predicted molar refractivity (Wildman–Crippen MR) is 51.3 cm³/mol. The van der Waals surface area contributed by atoms with Gasteiger partial charge in [0.25, 0.3) is 0 Å². The molecule has 1 nitrogen and oxygen atoms in total. The molecule has 0 aromatic rings. The molecule has 0 rings (SSSR count). The quantitative estimate of drug-likeness (QED) is 0.429. The van der Waals surface area contributed by atoms with Gasteiger partial charge in [-0.25, -0.2) is 0 Å². The summed E-state index contributed by atoms with van der Waals surface area (Å²) < 4.78 is 0. The zero-order valence-electron chi connectivity index (χ0n) is 7.90. The second-order valence-electron chi connectivity index (χ2n) is 3.36. The van der Waals surface area contributed by atoms with Crippen molar-refractivity contribution in [3.63, 3.8) is 0 Å². The van der Waals surface area contributed by atoms with E-state index in [1.165, 1.54) is 38.3 Å². The third-order valence-electron chi connectivity index (χ3n) is 2.24. The number of hydrogen-bond donors (Lipinski definition) is 1. The Balaban J connectivity index is 2.95. The van der Waals surface area contributed by atoms with Crippen LogP contribution in [0.25, 0.3) is 0 Å². The predicted octanol–water partition coefficient (Wildman–Crippen LogP) is 3.63. The summed E-state index contributed by atoms with van der Waals surface area (Å²) in [5.41, 5.74) is 0. The van der Waals surface area contributed by atoms with Crippen LogP contribution in [0.3, 0.4) is 0 Å². The lowest BCUT2D eigenvalue weighted by atomic mass is 10.0. The molecule has 66 valence electrons. The zero-order chi connectivity index (χ0) is 8.53. The number of unbranched alkanes of at least 4 members (excludes halogenated alkanes) is 3. The molecule has 0 aliphatic heterocycles. The van der Waals surface area contributed by atoms with Crippen LogP contribution in [-0.4, -0.2) is 6.21 Å². The van der Waals surface area contributed by atoms with Gasteiger partial charge in [0.05, 0.1) is 0 Å². The van der Waals surface area contributed by atoms with E-state index in [9.17, 15) is 0 Å². The van der Waals surface area contributed by atoms with E-state index in [4.69, 9.17) is 5.41 Å². The summed E-state index contributed by atoms with van der Waals surface area (Å²) in [6.45, 7) is 4.57. The third-order valence-corrected chi connectivity index (χ3v) is 2.24. The number of nitrogens with one attached hydrogen (secondary N) is 1. The molecular formula is C10H21N. The van der Waals surface area contributed by atoms with Gasteiger partial charge in [-0.3, -0.25) is 0 Å². The van der Waals surface area contributed by atoms with Crippen LogP contribution in [-0.2, 0) is 0 Å². The Kier molecular flexibility index (Phi) is 7.54. The van der Waals surface area contributed by atoms with Crippen molar-refractivity contribution in [1.29, 1.82) is 5.41 Å². The Morgan fingerprint density at radius 1 is 1.27 bits per heavy atom. The van der Waals surface area contributed by atoms with E-state index >= 15 is 0 Å². The molecule has 0 aromatic heterocycles. The highest BCUT2D eigenvalue weighted by Crippen LogP contribution is 2.12. The Labute approximate surface area is 70.7 Å². The molecule has 1 unspecified atom stereocenters. The van der Waals surface area contributed by atoms with Crippen LogP contribution >= 0.6 is 0 Å². The lowest BCUT2D eigenvalue weighted by Crippen LogP contribution is -1.91. The van der Waals surface area contributed by atoms with E-state index in [1.54, 1.807) is 0 Å². The lowest BCUT2D eigenvalue weighted by Gasteiger charge is -2.06. The van der Waals surface area contributed by atoms with Gasteiger partial charge < -0.3 is 5.41 Å². The molecule has 0 spiro atoms. The fourth-order valence-electron chi connectivity index (χ4n) is 1.12. The van der Waals surface area contributed by atoms with Gasteiger partial charge >= 0.3 is 0 Å². The van der Waals surface area contributed by atoms with Crippen LogP contribution in [0.15, 0.2) is 0 Å². The first-order valence-corrected chi connectivity index (χ1v) is 4.80. The molecular weight excluding hydrogens is 134 g/mol. The highest BCUT2D eigenvalue weighted by Gasteiger charge is 1.96. The van der Waals surface area contributed by atoms with Gasteiger partial charge in [-0.05, 0) is 25.0 Å². The molecule has 0 aliphatic carbocycles. The van der Waals surface area contributed by atoms with Crippen LogP contribution in [0.4, 0.5) is 0 Å². The van der Waals surface area contributed by atoms with Crippen LogP contribution in [0, 0.1) is 11.3 Å². The second-order valence-corrected chi connectivity index (χ2v) is 3.36. The first-order chi connectivity index (χ1) is 5.31. The zero-order valence-corrected chi connectivity index (χ0v) is 7.90. The van der Waals surface area contributed by atoms with Crippen molar-refractivity contribution in [2.45, 2.75) is 52.4 Å². The Morgan fingerprint density at radius 2 is 2.00 bits per heavy atom. The first kappa shape index (κ1) is 10.7. The molecule has 0 radical (unpaired) electrons. The summed E-state index contributed by atoms with van der Waals surface area (Å²) in [5, 5.41) is 6.83. The maximum Gasteiger partial charge on any atom is -0.00477 e. The van der Waals surface area contributed by atoms with Crippen molar-refractivity contribution >= 4 is 6.21 Å². The van der Waals surface area contributed by atoms with Gasteiger partial charge in [0, 0.05) is 0 Å². The summed E-state index contributed by atoms with van der Waals surface area (Å²) in [7, 11) is 0. The first-order valence-electron chi connectivity index (χ1n) is 4.80.